The number of anilines is 1. The number of carbonyl (C=O) groups is 2. The van der Waals surface area contributed by atoms with E-state index in [1.807, 2.05) is 6.92 Å². The van der Waals surface area contributed by atoms with Crippen LogP contribution in [-0.4, -0.2) is 66.1 Å². The maximum absolute atomic E-state index is 12.9. The Hall–Kier alpha value is -2.26. The Morgan fingerprint density at radius 1 is 1.50 bits per heavy atom. The highest BCUT2D eigenvalue weighted by molar-refractivity contribution is 7.20. The Bertz CT molecular complexity index is 822. The third-order valence-corrected chi connectivity index (χ3v) is 5.64. The smallest absolute Gasteiger partial charge is 0.264 e. The van der Waals surface area contributed by atoms with E-state index >= 15 is 0 Å². The van der Waals surface area contributed by atoms with Crippen LogP contribution in [0.4, 0.5) is 5.82 Å². The predicted octanol–water partition coefficient (Wildman–Crippen LogP) is 1.41. The van der Waals surface area contributed by atoms with Gasteiger partial charge in [0.2, 0.25) is 5.91 Å². The molecule has 0 radical (unpaired) electrons. The zero-order chi connectivity index (χ0) is 18.7. The summed E-state index contributed by atoms with van der Waals surface area (Å²) in [6, 6.07) is 0.127. The molecule has 2 amide bonds. The summed E-state index contributed by atoms with van der Waals surface area (Å²) in [5, 5.41) is 6.99. The van der Waals surface area contributed by atoms with Crippen LogP contribution in [0.3, 0.4) is 0 Å². The van der Waals surface area contributed by atoms with E-state index in [1.54, 1.807) is 12.0 Å². The van der Waals surface area contributed by atoms with Crippen molar-refractivity contribution in [2.75, 3.05) is 38.7 Å². The van der Waals surface area contributed by atoms with Crippen LogP contribution in [0.1, 0.15) is 28.6 Å². The second-order valence-electron chi connectivity index (χ2n) is 6.24. The fraction of sp³-hybridized carbons (Fsp3) is 0.529. The molecular weight excluding hydrogens is 354 g/mol. The fourth-order valence-corrected chi connectivity index (χ4v) is 4.11. The Balaban J connectivity index is 1.94. The van der Waals surface area contributed by atoms with Gasteiger partial charge in [-0.15, -0.1) is 11.3 Å². The second kappa shape index (κ2) is 7.96. The first-order valence-electron chi connectivity index (χ1n) is 8.60. The van der Waals surface area contributed by atoms with Crippen LogP contribution in [0.15, 0.2) is 6.33 Å². The number of hydrogen-bond acceptors (Lipinski definition) is 7. The van der Waals surface area contributed by atoms with Crippen molar-refractivity contribution in [3.05, 3.63) is 16.8 Å². The SMILES string of the molecule is CCC(COC)Nc1ncnc2sc(C(=O)N3CCNC(=O)C3)c(C)c12. The van der Waals surface area contributed by atoms with Crippen molar-refractivity contribution in [3.63, 3.8) is 0 Å². The number of piperazine rings is 1. The van der Waals surface area contributed by atoms with E-state index in [4.69, 9.17) is 4.74 Å². The molecule has 0 saturated carbocycles. The zero-order valence-corrected chi connectivity index (χ0v) is 16.0. The molecule has 1 unspecified atom stereocenters. The normalized spacial score (nSPS) is 15.8. The monoisotopic (exact) mass is 377 g/mol. The summed E-state index contributed by atoms with van der Waals surface area (Å²) < 4.78 is 5.24. The lowest BCUT2D eigenvalue weighted by molar-refractivity contribution is -0.123. The van der Waals surface area contributed by atoms with Crippen LogP contribution >= 0.6 is 11.3 Å². The Morgan fingerprint density at radius 2 is 2.31 bits per heavy atom. The first-order chi connectivity index (χ1) is 12.5. The first-order valence-corrected chi connectivity index (χ1v) is 9.42. The molecule has 0 spiro atoms. The van der Waals surface area contributed by atoms with Crippen LogP contribution in [0.2, 0.25) is 0 Å². The molecule has 9 heteroatoms. The number of amides is 2. The van der Waals surface area contributed by atoms with Gasteiger partial charge in [-0.2, -0.15) is 0 Å². The molecule has 2 aromatic rings. The molecule has 3 rings (SSSR count). The number of carbonyl (C=O) groups excluding carboxylic acids is 2. The van der Waals surface area contributed by atoms with Gasteiger partial charge in [-0.3, -0.25) is 9.59 Å². The molecule has 3 heterocycles. The molecule has 0 aromatic carbocycles. The Kier molecular flexibility index (Phi) is 5.67. The van der Waals surface area contributed by atoms with E-state index in [9.17, 15) is 9.59 Å². The van der Waals surface area contributed by atoms with Crippen LogP contribution < -0.4 is 10.6 Å². The second-order valence-corrected chi connectivity index (χ2v) is 7.24. The van der Waals surface area contributed by atoms with Crippen LogP contribution in [0.25, 0.3) is 10.2 Å². The minimum Gasteiger partial charge on any atom is -0.383 e. The van der Waals surface area contributed by atoms with Gasteiger partial charge in [0.05, 0.1) is 29.5 Å². The van der Waals surface area contributed by atoms with E-state index in [0.29, 0.717) is 30.4 Å². The van der Waals surface area contributed by atoms with Gasteiger partial charge in [0.1, 0.15) is 17.0 Å². The molecule has 1 aliphatic rings. The highest BCUT2D eigenvalue weighted by Gasteiger charge is 2.27. The van der Waals surface area contributed by atoms with Crippen LogP contribution in [0.5, 0.6) is 0 Å². The first kappa shape index (κ1) is 18.5. The van der Waals surface area contributed by atoms with Gasteiger partial charge in [-0.05, 0) is 18.9 Å². The topological polar surface area (TPSA) is 96.4 Å². The minimum absolute atomic E-state index is 0.0923. The number of hydrogen-bond donors (Lipinski definition) is 2. The van der Waals surface area contributed by atoms with Crippen molar-refractivity contribution >= 4 is 39.2 Å². The predicted molar refractivity (Wildman–Crippen MR) is 101 cm³/mol. The lowest BCUT2D eigenvalue weighted by atomic mass is 10.1. The molecule has 8 nitrogen and oxygen atoms in total. The van der Waals surface area contributed by atoms with Gasteiger partial charge < -0.3 is 20.3 Å². The van der Waals surface area contributed by atoms with Crippen LogP contribution in [-0.2, 0) is 9.53 Å². The van der Waals surface area contributed by atoms with Crippen molar-refractivity contribution in [1.82, 2.24) is 20.2 Å². The van der Waals surface area contributed by atoms with E-state index in [0.717, 1.165) is 22.2 Å². The average molecular weight is 377 g/mol. The third-order valence-electron chi connectivity index (χ3n) is 4.45. The largest absolute Gasteiger partial charge is 0.383 e. The molecule has 26 heavy (non-hydrogen) atoms. The van der Waals surface area contributed by atoms with Gasteiger partial charge in [0.25, 0.3) is 5.91 Å². The number of fused-ring (bicyclic) bond motifs is 1. The highest BCUT2D eigenvalue weighted by Crippen LogP contribution is 2.34. The molecule has 0 bridgehead atoms. The maximum Gasteiger partial charge on any atom is 0.264 e. The molecule has 1 atom stereocenters. The number of thiophene rings is 1. The number of aromatic nitrogens is 2. The Labute approximate surface area is 155 Å². The summed E-state index contributed by atoms with van der Waals surface area (Å²) in [4.78, 5) is 36.1. The fourth-order valence-electron chi connectivity index (χ4n) is 3.00. The van der Waals surface area contributed by atoms with Gasteiger partial charge in [0, 0.05) is 20.2 Å². The number of aryl methyl sites for hydroxylation is 1. The number of nitrogens with one attached hydrogen (secondary N) is 2. The standard InChI is InChI=1S/C17H23N5O3S/c1-4-11(8-25-3)21-15-13-10(2)14(26-16(13)20-9-19-15)17(24)22-6-5-18-12(23)7-22/h9,11H,4-8H2,1-3H3,(H,18,23)(H,19,20,21). The van der Waals surface area contributed by atoms with Crippen molar-refractivity contribution in [1.29, 1.82) is 0 Å². The van der Waals surface area contributed by atoms with Gasteiger partial charge in [0.15, 0.2) is 0 Å². The van der Waals surface area contributed by atoms with Crippen molar-refractivity contribution in [2.45, 2.75) is 26.3 Å². The van der Waals surface area contributed by atoms with Crippen molar-refractivity contribution < 1.29 is 14.3 Å². The summed E-state index contributed by atoms with van der Waals surface area (Å²) in [7, 11) is 1.67. The Morgan fingerprint density at radius 3 is 3.00 bits per heavy atom. The summed E-state index contributed by atoms with van der Waals surface area (Å²) in [5.41, 5.74) is 0.844. The number of ether oxygens (including phenoxy) is 1. The van der Waals surface area contributed by atoms with Gasteiger partial charge >= 0.3 is 0 Å². The van der Waals surface area contributed by atoms with Crippen molar-refractivity contribution in [3.8, 4) is 0 Å². The number of methoxy groups -OCH3 is 1. The number of nitrogens with zero attached hydrogens (tertiary/aromatic N) is 3. The summed E-state index contributed by atoms with van der Waals surface area (Å²) in [6.07, 6.45) is 2.39. The summed E-state index contributed by atoms with van der Waals surface area (Å²) in [6.45, 7) is 5.64. The van der Waals surface area contributed by atoms with E-state index in [-0.39, 0.29) is 24.4 Å². The van der Waals surface area contributed by atoms with E-state index in [1.165, 1.54) is 17.7 Å². The minimum atomic E-state index is -0.129. The third kappa shape index (κ3) is 3.63. The maximum atomic E-state index is 12.9. The zero-order valence-electron chi connectivity index (χ0n) is 15.2. The summed E-state index contributed by atoms with van der Waals surface area (Å²) in [5.74, 6) is 0.453. The quantitative estimate of drug-likeness (QED) is 0.790. The number of rotatable bonds is 6. The summed E-state index contributed by atoms with van der Waals surface area (Å²) >= 11 is 1.34. The molecule has 1 aliphatic heterocycles. The lowest BCUT2D eigenvalue weighted by Gasteiger charge is -2.26. The molecular formula is C17H23N5O3S. The molecule has 140 valence electrons. The van der Waals surface area contributed by atoms with E-state index in [2.05, 4.69) is 27.5 Å². The highest BCUT2D eigenvalue weighted by atomic mass is 32.1. The van der Waals surface area contributed by atoms with E-state index < -0.39 is 0 Å². The van der Waals surface area contributed by atoms with Gasteiger partial charge in [-0.1, -0.05) is 6.92 Å². The van der Waals surface area contributed by atoms with Crippen molar-refractivity contribution in [2.24, 2.45) is 0 Å². The molecule has 0 aliphatic carbocycles. The van der Waals surface area contributed by atoms with Gasteiger partial charge in [-0.25, -0.2) is 9.97 Å². The average Bonchev–Trinajstić information content (AvgIpc) is 2.98. The van der Waals surface area contributed by atoms with Crippen LogP contribution in [0, 0.1) is 6.92 Å². The lowest BCUT2D eigenvalue weighted by Crippen LogP contribution is -2.49. The molecule has 1 fully saturated rings. The molecule has 2 aromatic heterocycles. The molecule has 2 N–H and O–H groups in total. The molecule has 1 saturated heterocycles.